The van der Waals surface area contributed by atoms with Gasteiger partial charge >= 0.3 is 24.0 Å². The monoisotopic (exact) mass is 589 g/mol. The molecule has 0 bridgehead atoms. The number of benzene rings is 2. The number of amides is 3. The number of ether oxygens (including phenoxy) is 1. The van der Waals surface area contributed by atoms with E-state index in [9.17, 15) is 42.3 Å². The number of alkyl halides is 3. The van der Waals surface area contributed by atoms with E-state index in [1.54, 1.807) is 30.3 Å². The minimum Gasteiger partial charge on any atom is -0.481 e. The smallest absolute Gasteiger partial charge is 0.451 e. The molecule has 0 unspecified atom stereocenters. The quantitative estimate of drug-likeness (QED) is 0.245. The van der Waals surface area contributed by atoms with Crippen LogP contribution in [-0.4, -0.2) is 63.2 Å². The molecule has 3 rings (SSSR count). The van der Waals surface area contributed by atoms with Crippen LogP contribution in [0.5, 0.6) is 5.88 Å². The van der Waals surface area contributed by atoms with Crippen molar-refractivity contribution in [2.45, 2.75) is 38.5 Å². The van der Waals surface area contributed by atoms with E-state index in [2.05, 4.69) is 25.9 Å². The lowest BCUT2D eigenvalue weighted by atomic mass is 10.0. The van der Waals surface area contributed by atoms with Gasteiger partial charge in [0.05, 0.1) is 6.42 Å². The van der Waals surface area contributed by atoms with Gasteiger partial charge in [-0.3, -0.25) is 24.0 Å². The van der Waals surface area contributed by atoms with Crippen molar-refractivity contribution in [1.29, 1.82) is 0 Å². The number of carbonyl (C=O) groups excluding carboxylic acids is 4. The molecule has 3 amide bonds. The van der Waals surface area contributed by atoms with Crippen molar-refractivity contribution in [2.24, 2.45) is 5.92 Å². The minimum atomic E-state index is -4.87. The number of nitrogens with one attached hydrogen (secondary N) is 3. The molecule has 0 aliphatic heterocycles. The van der Waals surface area contributed by atoms with Crippen LogP contribution in [0.4, 0.5) is 18.9 Å². The molecule has 1 aromatic heterocycles. The van der Waals surface area contributed by atoms with E-state index in [0.29, 0.717) is 11.1 Å². The van der Waals surface area contributed by atoms with E-state index in [1.165, 1.54) is 13.8 Å². The van der Waals surface area contributed by atoms with Crippen molar-refractivity contribution >= 4 is 45.9 Å². The normalized spacial score (nSPS) is 12.7. The molecule has 2 aromatic carbocycles. The van der Waals surface area contributed by atoms with Gasteiger partial charge in [-0.25, -0.2) is 4.98 Å². The minimum absolute atomic E-state index is 0.358. The van der Waals surface area contributed by atoms with Crippen LogP contribution in [0.2, 0.25) is 0 Å². The van der Waals surface area contributed by atoms with Crippen molar-refractivity contribution in [3.63, 3.8) is 0 Å². The zero-order chi connectivity index (χ0) is 31.0. The second-order valence-corrected chi connectivity index (χ2v) is 9.31. The fourth-order valence-corrected chi connectivity index (χ4v) is 3.74. The molecular formula is C27H26F3N5O7. The highest BCUT2D eigenvalue weighted by molar-refractivity contribution is 6.40. The van der Waals surface area contributed by atoms with Crippen LogP contribution >= 0.6 is 0 Å². The number of carboxylic acid groups (broad SMARTS) is 1. The number of aliphatic carboxylic acids is 1. The molecule has 0 radical (unpaired) electrons. The summed E-state index contributed by atoms with van der Waals surface area (Å²) in [5.74, 6) is -8.41. The van der Waals surface area contributed by atoms with E-state index in [4.69, 9.17) is 4.74 Å². The van der Waals surface area contributed by atoms with Crippen molar-refractivity contribution in [3.8, 4) is 5.88 Å². The Kier molecular flexibility index (Phi) is 10.1. The van der Waals surface area contributed by atoms with Crippen molar-refractivity contribution in [3.05, 3.63) is 60.6 Å². The fraction of sp³-hybridized carbons (Fsp3) is 0.296. The Hall–Kier alpha value is -5.08. The van der Waals surface area contributed by atoms with Gasteiger partial charge in [0.25, 0.3) is 0 Å². The number of hydrogen-bond acceptors (Lipinski definition) is 8. The van der Waals surface area contributed by atoms with E-state index in [-0.39, 0.29) is 0 Å². The summed E-state index contributed by atoms with van der Waals surface area (Å²) in [4.78, 5) is 68.6. The van der Waals surface area contributed by atoms with Gasteiger partial charge in [0.15, 0.2) is 12.4 Å². The van der Waals surface area contributed by atoms with Gasteiger partial charge in [0.1, 0.15) is 12.1 Å². The van der Waals surface area contributed by atoms with Crippen molar-refractivity contribution < 1.29 is 47.0 Å². The number of Topliss-reactive ketones (excluding diaryl/α,β-unsaturated/α-hetero) is 1. The number of carbonyl (C=O) groups is 5. The Balaban J connectivity index is 1.67. The highest BCUT2D eigenvalue weighted by atomic mass is 19.4. The van der Waals surface area contributed by atoms with Crippen LogP contribution in [-0.2, 0) is 30.1 Å². The summed E-state index contributed by atoms with van der Waals surface area (Å²) in [5.41, 5.74) is 0.358. The number of ketones is 1. The molecule has 0 fully saturated rings. The number of nitrogens with zero attached hydrogens (tertiary/aromatic N) is 2. The van der Waals surface area contributed by atoms with Gasteiger partial charge in [-0.15, -0.1) is 0 Å². The summed E-state index contributed by atoms with van der Waals surface area (Å²) in [6, 6.07) is 10.1. The largest absolute Gasteiger partial charge is 0.481 e. The lowest BCUT2D eigenvalue weighted by Crippen LogP contribution is -2.56. The van der Waals surface area contributed by atoms with E-state index in [0.717, 1.165) is 17.6 Å². The number of anilines is 1. The second-order valence-electron chi connectivity index (χ2n) is 9.31. The molecule has 222 valence electrons. The number of hydrogen-bond donors (Lipinski definition) is 4. The average Bonchev–Trinajstić information content (AvgIpc) is 2.93. The fourth-order valence-electron chi connectivity index (χ4n) is 3.74. The van der Waals surface area contributed by atoms with Gasteiger partial charge < -0.3 is 25.8 Å². The summed E-state index contributed by atoms with van der Waals surface area (Å²) in [6.45, 7) is 2.15. The Morgan fingerprint density at radius 3 is 2.31 bits per heavy atom. The van der Waals surface area contributed by atoms with Gasteiger partial charge in [-0.1, -0.05) is 50.2 Å². The van der Waals surface area contributed by atoms with Crippen LogP contribution in [0.1, 0.15) is 26.1 Å². The molecule has 3 aromatic rings. The van der Waals surface area contributed by atoms with Crippen LogP contribution in [0.15, 0.2) is 54.7 Å². The molecular weight excluding hydrogens is 563 g/mol. The lowest BCUT2D eigenvalue weighted by molar-refractivity contribution is -0.145. The van der Waals surface area contributed by atoms with Gasteiger partial charge in [-0.2, -0.15) is 18.2 Å². The molecule has 0 saturated heterocycles. The Bertz CT molecular complexity index is 1490. The van der Waals surface area contributed by atoms with Gasteiger partial charge in [0.2, 0.25) is 17.6 Å². The molecule has 4 N–H and O–H groups in total. The third-order valence-corrected chi connectivity index (χ3v) is 5.81. The third-order valence-electron chi connectivity index (χ3n) is 5.81. The predicted octanol–water partition coefficient (Wildman–Crippen LogP) is 2.34. The van der Waals surface area contributed by atoms with Crippen molar-refractivity contribution in [2.75, 3.05) is 11.9 Å². The summed E-state index contributed by atoms with van der Waals surface area (Å²) >= 11 is 0. The maximum Gasteiger partial charge on any atom is 0.451 e. The number of fused-ring (bicyclic) bond motifs is 1. The van der Waals surface area contributed by atoms with E-state index < -0.39 is 78.4 Å². The van der Waals surface area contributed by atoms with Crippen LogP contribution in [0, 0.1) is 5.92 Å². The Morgan fingerprint density at radius 2 is 1.64 bits per heavy atom. The number of rotatable bonds is 11. The summed E-state index contributed by atoms with van der Waals surface area (Å²) in [7, 11) is 0. The molecule has 12 nitrogen and oxygen atoms in total. The highest BCUT2D eigenvalue weighted by Crippen LogP contribution is 2.27. The first-order chi connectivity index (χ1) is 19.8. The Labute approximate surface area is 236 Å². The van der Waals surface area contributed by atoms with Crippen LogP contribution < -0.4 is 20.7 Å². The second kappa shape index (κ2) is 13.5. The molecule has 42 heavy (non-hydrogen) atoms. The molecule has 2 atom stereocenters. The molecule has 15 heteroatoms. The Morgan fingerprint density at radius 1 is 0.952 bits per heavy atom. The maximum absolute atomic E-state index is 13.0. The zero-order valence-corrected chi connectivity index (χ0v) is 22.3. The third kappa shape index (κ3) is 8.46. The van der Waals surface area contributed by atoms with E-state index >= 15 is 0 Å². The zero-order valence-electron chi connectivity index (χ0n) is 22.3. The van der Waals surface area contributed by atoms with Crippen molar-refractivity contribution in [1.82, 2.24) is 20.6 Å². The first-order valence-electron chi connectivity index (χ1n) is 12.4. The molecule has 0 saturated carbocycles. The number of halogens is 3. The maximum atomic E-state index is 13.0. The number of aromatic nitrogens is 2. The molecule has 0 aliphatic rings. The van der Waals surface area contributed by atoms with Gasteiger partial charge in [0, 0.05) is 23.3 Å². The SMILES string of the molecule is CC(C)[C@H](NC(=O)C(=O)Nc1cccc2ccccc12)C(=O)N[C@@H](CC(=O)O)C(=O)COc1ccnc(C(F)(F)F)n1. The molecule has 1 heterocycles. The molecule has 0 aliphatic carbocycles. The van der Waals surface area contributed by atoms with Crippen LogP contribution in [0.25, 0.3) is 10.8 Å². The summed E-state index contributed by atoms with van der Waals surface area (Å²) < 4.78 is 43.4. The van der Waals surface area contributed by atoms with Crippen LogP contribution in [0.3, 0.4) is 0 Å². The van der Waals surface area contributed by atoms with E-state index in [1.807, 2.05) is 12.1 Å². The summed E-state index contributed by atoms with van der Waals surface area (Å²) in [6.07, 6.45) is -5.00. The standard InChI is InChI=1S/C27H26F3N5O7/c1-14(2)22(35-25(41)24(40)32-17-9-5-7-15-6-3-4-8-16(15)17)23(39)33-18(12-21(37)38)19(36)13-42-20-10-11-31-26(34-20)27(28,29)30/h3-11,14,18,22H,12-13H2,1-2H3,(H,32,40)(H,33,39)(H,35,41)(H,37,38)/t18-,22-/m0/s1. The molecule has 0 spiro atoms. The topological polar surface area (TPSA) is 177 Å². The first-order valence-corrected chi connectivity index (χ1v) is 12.4. The predicted molar refractivity (Wildman–Crippen MR) is 141 cm³/mol. The lowest BCUT2D eigenvalue weighted by Gasteiger charge is -2.24. The number of carboxylic acids is 1. The summed E-state index contributed by atoms with van der Waals surface area (Å²) in [5, 5.41) is 17.7. The highest BCUT2D eigenvalue weighted by Gasteiger charge is 2.35. The average molecular weight is 590 g/mol. The van der Waals surface area contributed by atoms with Gasteiger partial charge in [-0.05, 0) is 17.4 Å². The first kappa shape index (κ1) is 31.4.